The molecule has 0 spiro atoms. The highest BCUT2D eigenvalue weighted by Crippen LogP contribution is 2.75. The van der Waals surface area contributed by atoms with Crippen LogP contribution in [0.5, 0.6) is 0 Å². The van der Waals surface area contributed by atoms with E-state index in [0.717, 1.165) is 0 Å². The molecule has 0 saturated carbocycles. The zero-order chi connectivity index (χ0) is 22.2. The van der Waals surface area contributed by atoms with Crippen LogP contribution in [0, 0.1) is 35.5 Å². The Morgan fingerprint density at radius 3 is 0.667 bits per heavy atom. The Balaban J connectivity index is 7.72. The molecule has 0 bridgehead atoms. The molecule has 2 heteroatoms. The van der Waals surface area contributed by atoms with Crippen LogP contribution in [-0.4, -0.2) is 15.4 Å². The van der Waals surface area contributed by atoms with E-state index in [1.807, 2.05) is 0 Å². The van der Waals surface area contributed by atoms with Gasteiger partial charge in [-0.05, 0) is 50.6 Å². The third kappa shape index (κ3) is 3.49. The molecule has 0 aromatic rings. The Morgan fingerprint density at radius 1 is 0.444 bits per heavy atom. The second-order valence-corrected chi connectivity index (χ2v) is 16.7. The van der Waals surface area contributed by atoms with Gasteiger partial charge >= 0.3 is 0 Å². The second kappa shape index (κ2) is 8.90. The topological polar surface area (TPSA) is 9.23 Å². The van der Waals surface area contributed by atoms with Crippen LogP contribution >= 0.6 is 0 Å². The highest BCUT2D eigenvalue weighted by molar-refractivity contribution is 6.83. The summed E-state index contributed by atoms with van der Waals surface area (Å²) in [6.07, 6.45) is 0. The fourth-order valence-electron chi connectivity index (χ4n) is 6.84. The minimum atomic E-state index is -2.41. The van der Waals surface area contributed by atoms with Gasteiger partial charge < -0.3 is 4.43 Å². The molecule has 0 aliphatic rings. The van der Waals surface area contributed by atoms with Crippen molar-refractivity contribution in [1.29, 1.82) is 0 Å². The smallest absolute Gasteiger partial charge is 0.211 e. The normalized spacial score (nSPS) is 15.3. The first-order chi connectivity index (χ1) is 12.0. The predicted molar refractivity (Wildman–Crippen MR) is 127 cm³/mol. The van der Waals surface area contributed by atoms with Crippen molar-refractivity contribution >= 4 is 8.32 Å². The molecular formula is C25H54OSi. The lowest BCUT2D eigenvalue weighted by Crippen LogP contribution is -2.71. The molecule has 0 radical (unpaired) electrons. The molecule has 0 amide bonds. The third-order valence-electron chi connectivity index (χ3n) is 9.78. The largest absolute Gasteiger partial charge is 0.418 e. The summed E-state index contributed by atoms with van der Waals surface area (Å²) in [6.45, 7) is 37.1. The van der Waals surface area contributed by atoms with Gasteiger partial charge in [0.25, 0.3) is 0 Å². The minimum Gasteiger partial charge on any atom is -0.418 e. The molecule has 0 fully saturated rings. The highest BCUT2D eigenvalue weighted by Gasteiger charge is 2.74. The van der Waals surface area contributed by atoms with Crippen molar-refractivity contribution in [3.8, 4) is 0 Å². The van der Waals surface area contributed by atoms with Crippen LogP contribution in [-0.2, 0) is 4.43 Å². The maximum Gasteiger partial charge on any atom is 0.211 e. The monoisotopic (exact) mass is 398 g/mol. The van der Waals surface area contributed by atoms with E-state index < -0.39 is 8.32 Å². The van der Waals surface area contributed by atoms with Gasteiger partial charge in [0.2, 0.25) is 8.32 Å². The van der Waals surface area contributed by atoms with Crippen molar-refractivity contribution in [2.24, 2.45) is 35.5 Å². The molecular weight excluding hydrogens is 344 g/mol. The average Bonchev–Trinajstić information content (AvgIpc) is 2.53. The maximum atomic E-state index is 7.14. The van der Waals surface area contributed by atoms with Gasteiger partial charge in [0.15, 0.2) is 0 Å². The number of rotatable bonds is 10. The Kier molecular flexibility index (Phi) is 8.96. The van der Waals surface area contributed by atoms with Gasteiger partial charge in [0, 0.05) is 7.11 Å². The van der Waals surface area contributed by atoms with E-state index in [1.54, 1.807) is 0 Å². The van der Waals surface area contributed by atoms with Crippen molar-refractivity contribution in [3.63, 3.8) is 0 Å². The van der Waals surface area contributed by atoms with E-state index in [0.29, 0.717) is 35.5 Å². The first-order valence-corrected chi connectivity index (χ1v) is 13.4. The second-order valence-electron chi connectivity index (χ2n) is 11.7. The van der Waals surface area contributed by atoms with Crippen molar-refractivity contribution in [1.82, 2.24) is 0 Å². The summed E-state index contributed by atoms with van der Waals surface area (Å²) < 4.78 is 7.14. The lowest BCUT2D eigenvalue weighted by Gasteiger charge is -2.70. The molecule has 1 nitrogen and oxygen atoms in total. The Labute approximate surface area is 174 Å². The standard InChI is InChI=1S/C25H54OSi/c1-17(2)23(13,18(3)4)27(26-16,24(14,19(5)6)20(7)8)25(15,21(9)10)22(11)12/h17-22H,1-16H3. The predicted octanol–water partition coefficient (Wildman–Crippen LogP) is 8.80. The summed E-state index contributed by atoms with van der Waals surface area (Å²) in [7, 11) is -0.338. The van der Waals surface area contributed by atoms with E-state index in [4.69, 9.17) is 4.43 Å². The Bertz CT molecular complexity index is 370. The Morgan fingerprint density at radius 2 is 0.593 bits per heavy atom. The van der Waals surface area contributed by atoms with E-state index in [9.17, 15) is 0 Å². The van der Waals surface area contributed by atoms with Gasteiger partial charge in [0.1, 0.15) is 0 Å². The summed E-state index contributed by atoms with van der Waals surface area (Å²) in [5.41, 5.74) is 0. The zero-order valence-corrected chi connectivity index (χ0v) is 22.9. The van der Waals surface area contributed by atoms with Crippen LogP contribution in [0.2, 0.25) is 15.1 Å². The van der Waals surface area contributed by atoms with E-state index in [2.05, 4.69) is 111 Å². The molecule has 0 heterocycles. The summed E-state index contributed by atoms with van der Waals surface area (Å²) in [5, 5.41) is 0.525. The maximum absolute atomic E-state index is 7.14. The van der Waals surface area contributed by atoms with Crippen LogP contribution in [0.25, 0.3) is 0 Å². The molecule has 0 aromatic carbocycles. The molecule has 0 atom stereocenters. The fraction of sp³-hybridized carbons (Fsp3) is 1.00. The molecule has 27 heavy (non-hydrogen) atoms. The number of hydrogen-bond donors (Lipinski definition) is 0. The highest BCUT2D eigenvalue weighted by atomic mass is 28.4. The van der Waals surface area contributed by atoms with Gasteiger partial charge in [0.05, 0.1) is 0 Å². The van der Waals surface area contributed by atoms with Crippen molar-refractivity contribution in [3.05, 3.63) is 0 Å². The van der Waals surface area contributed by atoms with E-state index in [-0.39, 0.29) is 15.1 Å². The van der Waals surface area contributed by atoms with Crippen LogP contribution in [0.15, 0.2) is 0 Å². The summed E-state index contributed by atoms with van der Waals surface area (Å²) in [6, 6.07) is 0. The first-order valence-electron chi connectivity index (χ1n) is 11.5. The quantitative estimate of drug-likeness (QED) is 0.334. The molecule has 0 aliphatic heterocycles. The molecule has 0 aromatic heterocycles. The van der Waals surface area contributed by atoms with Gasteiger partial charge in [-0.1, -0.05) is 104 Å². The van der Waals surface area contributed by atoms with Gasteiger partial charge in [-0.2, -0.15) is 0 Å². The molecule has 0 unspecified atom stereocenters. The van der Waals surface area contributed by atoms with Crippen molar-refractivity contribution in [2.45, 2.75) is 119 Å². The lowest BCUT2D eigenvalue weighted by molar-refractivity contribution is 0.131. The lowest BCUT2D eigenvalue weighted by atomic mass is 9.82. The van der Waals surface area contributed by atoms with Crippen molar-refractivity contribution < 1.29 is 4.43 Å². The SMILES string of the molecule is CO[Si](C(C)(C(C)C)C(C)C)(C(C)(C(C)C)C(C)C)C(C)(C(C)C)C(C)C. The molecule has 0 saturated heterocycles. The van der Waals surface area contributed by atoms with Crippen LogP contribution in [0.4, 0.5) is 0 Å². The van der Waals surface area contributed by atoms with Crippen molar-refractivity contribution in [2.75, 3.05) is 7.11 Å². The van der Waals surface area contributed by atoms with Gasteiger partial charge in [-0.3, -0.25) is 0 Å². The van der Waals surface area contributed by atoms with Crippen LogP contribution in [0.3, 0.4) is 0 Å². The third-order valence-corrected chi connectivity index (χ3v) is 18.4. The Hall–Kier alpha value is 0.177. The van der Waals surface area contributed by atoms with E-state index in [1.165, 1.54) is 0 Å². The van der Waals surface area contributed by atoms with Crippen LogP contribution in [0.1, 0.15) is 104 Å². The molecule has 0 aliphatic carbocycles. The first kappa shape index (κ1) is 27.2. The fourth-order valence-corrected chi connectivity index (χ4v) is 16.5. The number of hydrogen-bond acceptors (Lipinski definition) is 1. The zero-order valence-electron chi connectivity index (χ0n) is 21.9. The van der Waals surface area contributed by atoms with Crippen LogP contribution < -0.4 is 0 Å². The summed E-state index contributed by atoms with van der Waals surface area (Å²) in [5.74, 6) is 3.49. The summed E-state index contributed by atoms with van der Waals surface area (Å²) in [4.78, 5) is 0. The molecule has 0 N–H and O–H groups in total. The average molecular weight is 399 g/mol. The van der Waals surface area contributed by atoms with Gasteiger partial charge in [-0.25, -0.2) is 0 Å². The molecule has 164 valence electrons. The van der Waals surface area contributed by atoms with E-state index >= 15 is 0 Å². The van der Waals surface area contributed by atoms with Gasteiger partial charge in [-0.15, -0.1) is 0 Å². The minimum absolute atomic E-state index is 0.175. The summed E-state index contributed by atoms with van der Waals surface area (Å²) >= 11 is 0. The molecule has 0 rings (SSSR count).